The van der Waals surface area contributed by atoms with E-state index in [2.05, 4.69) is 20.9 Å². The summed E-state index contributed by atoms with van der Waals surface area (Å²) in [5, 5.41) is 9.81. The highest BCUT2D eigenvalue weighted by Crippen LogP contribution is 2.44. The van der Waals surface area contributed by atoms with E-state index in [1.807, 2.05) is 0 Å². The van der Waals surface area contributed by atoms with Crippen molar-refractivity contribution in [3.8, 4) is 0 Å². The Balaban J connectivity index is 1.31. The van der Waals surface area contributed by atoms with Crippen LogP contribution in [0.4, 0.5) is 9.18 Å². The molecule has 16 heteroatoms. The number of esters is 1. The number of carbonyl (C=O) groups excluding carboxylic acids is 6. The lowest BCUT2D eigenvalue weighted by molar-refractivity contribution is -0.153. The molecule has 0 radical (unpaired) electrons. The first-order valence-electron chi connectivity index (χ1n) is 23.3. The molecule has 5 amide bonds. The van der Waals surface area contributed by atoms with Crippen molar-refractivity contribution in [2.75, 3.05) is 20.1 Å². The molecule has 64 heavy (non-hydrogen) atoms. The second-order valence-electron chi connectivity index (χ2n) is 20.3. The van der Waals surface area contributed by atoms with Crippen molar-refractivity contribution in [3.05, 3.63) is 42.0 Å². The van der Waals surface area contributed by atoms with Gasteiger partial charge in [0, 0.05) is 48.0 Å². The zero-order chi connectivity index (χ0) is 46.7. The molecule has 1 saturated heterocycles. The lowest BCUT2D eigenvalue weighted by Crippen LogP contribution is -2.58. The standard InChI is InChI=1S/C48H70FN7O8/c1-28(50-26-38(57)63-47(3,4)5)42(58)52-40(31-18-14-11-15-19-31)45(61)56-27-35(34-25-51-36-24-32(49)20-21-33(34)36)41-37(56)22-23-55(41)44(60)39(30-16-12-10-13-17-30)53-43(59)29(2)54(9)46(62)64-48(6,7)8/h20-21,24-25,27-31,37,39-41,50-51H,10-19,22-23,26H2,1-9H3,(H,52,58)(H,53,59). The zero-order valence-electron chi connectivity index (χ0n) is 39.2. The van der Waals surface area contributed by atoms with Crippen molar-refractivity contribution in [2.45, 2.75) is 173 Å². The summed E-state index contributed by atoms with van der Waals surface area (Å²) in [7, 11) is 1.50. The van der Waals surface area contributed by atoms with Crippen molar-refractivity contribution in [1.29, 1.82) is 0 Å². The predicted molar refractivity (Wildman–Crippen MR) is 241 cm³/mol. The first-order valence-corrected chi connectivity index (χ1v) is 23.3. The van der Waals surface area contributed by atoms with Crippen LogP contribution in [0.25, 0.3) is 16.5 Å². The Morgan fingerprint density at radius 3 is 1.98 bits per heavy atom. The Kier molecular flexibility index (Phi) is 15.2. The average molecular weight is 892 g/mol. The molecule has 352 valence electrons. The molecule has 4 aliphatic rings. The van der Waals surface area contributed by atoms with Crippen LogP contribution < -0.4 is 16.0 Å². The first-order chi connectivity index (χ1) is 30.1. The van der Waals surface area contributed by atoms with Crippen LogP contribution in [0.2, 0.25) is 0 Å². The number of fused-ring (bicyclic) bond motifs is 2. The number of benzene rings is 1. The molecule has 3 fully saturated rings. The summed E-state index contributed by atoms with van der Waals surface area (Å²) in [6.45, 7) is 13.9. The van der Waals surface area contributed by atoms with Gasteiger partial charge < -0.3 is 34.9 Å². The van der Waals surface area contributed by atoms with Crippen LogP contribution >= 0.6 is 0 Å². The summed E-state index contributed by atoms with van der Waals surface area (Å²) in [4.78, 5) is 91.7. The molecule has 2 aliphatic carbocycles. The normalized spacial score (nSPS) is 21.6. The zero-order valence-corrected chi connectivity index (χ0v) is 39.2. The third-order valence-electron chi connectivity index (χ3n) is 13.2. The van der Waals surface area contributed by atoms with Gasteiger partial charge in [0.25, 0.3) is 0 Å². The Morgan fingerprint density at radius 1 is 0.812 bits per heavy atom. The fourth-order valence-corrected chi connectivity index (χ4v) is 9.77. The Morgan fingerprint density at radius 2 is 1.39 bits per heavy atom. The molecule has 1 aromatic heterocycles. The number of likely N-dealkylation sites (tertiary alicyclic amines) is 1. The maximum atomic E-state index is 15.2. The van der Waals surface area contributed by atoms with Crippen LogP contribution in [-0.4, -0.2) is 123 Å². The van der Waals surface area contributed by atoms with Crippen LogP contribution in [0.3, 0.4) is 0 Å². The van der Waals surface area contributed by atoms with Gasteiger partial charge in [0.1, 0.15) is 35.1 Å². The molecule has 2 aliphatic heterocycles. The molecule has 6 rings (SSSR count). The number of nitrogens with one attached hydrogen (secondary N) is 4. The molecule has 6 atom stereocenters. The lowest BCUT2D eigenvalue weighted by atomic mass is 9.82. The molecule has 3 heterocycles. The van der Waals surface area contributed by atoms with Crippen molar-refractivity contribution >= 4 is 52.2 Å². The van der Waals surface area contributed by atoms with E-state index in [9.17, 15) is 23.6 Å². The predicted octanol–water partition coefficient (Wildman–Crippen LogP) is 6.17. The number of H-pyrrole nitrogens is 1. The number of amides is 5. The maximum absolute atomic E-state index is 15.2. The minimum Gasteiger partial charge on any atom is -0.459 e. The topological polar surface area (TPSA) is 182 Å². The highest BCUT2D eigenvalue weighted by Gasteiger charge is 2.52. The summed E-state index contributed by atoms with van der Waals surface area (Å²) in [5.41, 5.74) is 0.508. The molecule has 1 aromatic carbocycles. The van der Waals surface area contributed by atoms with Crippen LogP contribution in [0.5, 0.6) is 0 Å². The first kappa shape index (κ1) is 48.5. The number of halogens is 1. The van der Waals surface area contributed by atoms with Crippen LogP contribution in [0, 0.1) is 17.7 Å². The molecule has 0 bridgehead atoms. The van der Waals surface area contributed by atoms with E-state index in [1.54, 1.807) is 83.7 Å². The van der Waals surface area contributed by atoms with Crippen LogP contribution in [0.15, 0.2) is 30.6 Å². The smallest absolute Gasteiger partial charge is 0.410 e. The van der Waals surface area contributed by atoms with Crippen molar-refractivity contribution in [3.63, 3.8) is 0 Å². The summed E-state index contributed by atoms with van der Waals surface area (Å²) in [5.74, 6) is -2.66. The van der Waals surface area contributed by atoms with Gasteiger partial charge >= 0.3 is 12.1 Å². The number of aromatic nitrogens is 1. The van der Waals surface area contributed by atoms with Gasteiger partial charge in [0.2, 0.25) is 23.6 Å². The molecule has 2 saturated carbocycles. The lowest BCUT2D eigenvalue weighted by Gasteiger charge is -2.37. The minimum absolute atomic E-state index is 0.138. The third kappa shape index (κ3) is 11.4. The van der Waals surface area contributed by atoms with Gasteiger partial charge in [-0.25, -0.2) is 9.18 Å². The van der Waals surface area contributed by atoms with Crippen molar-refractivity contribution < 1.29 is 42.6 Å². The molecule has 2 aromatic rings. The number of hydrogen-bond donors (Lipinski definition) is 4. The number of likely N-dealkylation sites (N-methyl/N-ethyl adjacent to an activating group) is 1. The number of nitrogens with zero attached hydrogens (tertiary/aromatic N) is 3. The third-order valence-corrected chi connectivity index (χ3v) is 13.2. The second kappa shape index (κ2) is 20.0. The maximum Gasteiger partial charge on any atom is 0.410 e. The highest BCUT2D eigenvalue weighted by atomic mass is 19.1. The van der Waals surface area contributed by atoms with E-state index >= 15 is 9.59 Å². The number of hydrogen-bond acceptors (Lipinski definition) is 9. The van der Waals surface area contributed by atoms with Gasteiger partial charge in [-0.05, 0) is 118 Å². The molecule has 15 nitrogen and oxygen atoms in total. The summed E-state index contributed by atoms with van der Waals surface area (Å²) in [6, 6.07) is -0.181. The molecular weight excluding hydrogens is 822 g/mol. The largest absolute Gasteiger partial charge is 0.459 e. The number of aromatic amines is 1. The minimum atomic E-state index is -0.941. The molecular formula is C48H70FN7O8. The molecule has 0 spiro atoms. The Bertz CT molecular complexity index is 2080. The van der Waals surface area contributed by atoms with Crippen LogP contribution in [-0.2, 0) is 33.4 Å². The summed E-state index contributed by atoms with van der Waals surface area (Å²) >= 11 is 0. The number of ether oxygens (including phenoxy) is 2. The molecule has 6 unspecified atom stereocenters. The fraction of sp³-hybridized carbons (Fsp3) is 0.667. The average Bonchev–Trinajstić information content (AvgIpc) is 3.96. The SMILES string of the molecule is CC(NCC(=O)OC(C)(C)C)C(=O)NC(C(=O)N1C=C(c2c[nH]c3cc(F)ccc23)C2C1CCN2C(=O)C(NC(=O)C(C)N(C)C(=O)OC(C)(C)C)C1CCCCC1)C1CCCCC1. The van der Waals surface area contributed by atoms with Crippen molar-refractivity contribution in [1.82, 2.24) is 35.6 Å². The summed E-state index contributed by atoms with van der Waals surface area (Å²) < 4.78 is 25.4. The van der Waals surface area contributed by atoms with Gasteiger partial charge in [-0.3, -0.25) is 34.2 Å². The van der Waals surface area contributed by atoms with Gasteiger partial charge in [-0.2, -0.15) is 0 Å². The second-order valence-corrected chi connectivity index (χ2v) is 20.3. The van der Waals surface area contributed by atoms with Gasteiger partial charge in [0.05, 0.1) is 24.7 Å². The fourth-order valence-electron chi connectivity index (χ4n) is 9.77. The van der Waals surface area contributed by atoms with Gasteiger partial charge in [-0.15, -0.1) is 0 Å². The quantitative estimate of drug-likeness (QED) is 0.171. The van der Waals surface area contributed by atoms with Crippen LogP contribution in [0.1, 0.15) is 132 Å². The van der Waals surface area contributed by atoms with E-state index in [0.29, 0.717) is 29.6 Å². The number of rotatable bonds is 13. The van der Waals surface area contributed by atoms with E-state index in [4.69, 9.17) is 9.47 Å². The van der Waals surface area contributed by atoms with Crippen molar-refractivity contribution in [2.24, 2.45) is 11.8 Å². The number of carbonyl (C=O) groups is 6. The Labute approximate surface area is 376 Å². The highest BCUT2D eigenvalue weighted by molar-refractivity contribution is 5.99. The van der Waals surface area contributed by atoms with E-state index in [1.165, 1.54) is 24.1 Å². The summed E-state index contributed by atoms with van der Waals surface area (Å²) in [6.07, 6.45) is 12.0. The molecule has 4 N–H and O–H groups in total. The van der Waals surface area contributed by atoms with Gasteiger partial charge in [0.15, 0.2) is 0 Å². The van der Waals surface area contributed by atoms with E-state index in [0.717, 1.165) is 69.6 Å². The van der Waals surface area contributed by atoms with E-state index in [-0.39, 0.29) is 30.2 Å². The monoisotopic (exact) mass is 892 g/mol. The van der Waals surface area contributed by atoms with Gasteiger partial charge in [-0.1, -0.05) is 38.5 Å². The van der Waals surface area contributed by atoms with E-state index < -0.39 is 77.1 Å². The Hall–Kier alpha value is -4.99.